The van der Waals surface area contributed by atoms with Crippen molar-refractivity contribution in [3.05, 3.63) is 47.5 Å². The molecular weight excluding hydrogens is 436 g/mol. The number of aromatic nitrogens is 3. The fourth-order valence-electron chi connectivity index (χ4n) is 3.22. The molecule has 162 valence electrons. The third-order valence-electron chi connectivity index (χ3n) is 4.67. The highest BCUT2D eigenvalue weighted by atomic mass is 35.5. The Morgan fingerprint density at radius 1 is 1.16 bits per heavy atom. The molecule has 0 bridgehead atoms. The SMILES string of the molecule is CC(C)n1c(SCC(=O)Nc2ccccc2Cl)nnc1-c1ccc2c(c1)OCCCO2. The molecule has 0 atom stereocenters. The number of hydrogen-bond acceptors (Lipinski definition) is 6. The van der Waals surface area contributed by atoms with E-state index in [0.717, 1.165) is 23.6 Å². The number of fused-ring (bicyclic) bond motifs is 1. The smallest absolute Gasteiger partial charge is 0.234 e. The maximum absolute atomic E-state index is 12.4. The molecule has 0 unspecified atom stereocenters. The Morgan fingerprint density at radius 2 is 1.94 bits per heavy atom. The molecule has 2 aromatic carbocycles. The van der Waals surface area contributed by atoms with Crippen molar-refractivity contribution in [3.63, 3.8) is 0 Å². The second kappa shape index (κ2) is 9.62. The van der Waals surface area contributed by atoms with Gasteiger partial charge in [0.05, 0.1) is 29.7 Å². The first-order valence-corrected chi connectivity index (χ1v) is 11.4. The Labute approximate surface area is 190 Å². The van der Waals surface area contributed by atoms with E-state index < -0.39 is 0 Å². The standard InChI is InChI=1S/C22H23ClN4O3S/c1-14(2)27-21(15-8-9-18-19(12-15)30-11-5-10-29-18)25-26-22(27)31-13-20(28)24-17-7-4-3-6-16(17)23/h3-4,6-9,12,14H,5,10-11,13H2,1-2H3,(H,24,28). The Balaban J connectivity index is 1.52. The molecule has 0 saturated heterocycles. The number of anilines is 1. The van der Waals surface area contributed by atoms with Crippen LogP contribution in [-0.4, -0.2) is 39.6 Å². The minimum absolute atomic E-state index is 0.107. The summed E-state index contributed by atoms with van der Waals surface area (Å²) in [7, 11) is 0. The fraction of sp³-hybridized carbons (Fsp3) is 0.318. The Bertz CT molecular complexity index is 1090. The van der Waals surface area contributed by atoms with Crippen molar-refractivity contribution in [1.29, 1.82) is 0 Å². The number of halogens is 1. The number of hydrogen-bond donors (Lipinski definition) is 1. The first-order chi connectivity index (χ1) is 15.0. The number of thioether (sulfide) groups is 1. The largest absolute Gasteiger partial charge is 0.490 e. The molecule has 2 heterocycles. The van der Waals surface area contributed by atoms with Gasteiger partial charge in [0.15, 0.2) is 22.5 Å². The van der Waals surface area contributed by atoms with Crippen molar-refractivity contribution in [2.24, 2.45) is 0 Å². The highest BCUT2D eigenvalue weighted by molar-refractivity contribution is 7.99. The third-order valence-corrected chi connectivity index (χ3v) is 5.94. The number of benzene rings is 2. The predicted octanol–water partition coefficient (Wildman–Crippen LogP) is 5.07. The maximum Gasteiger partial charge on any atom is 0.234 e. The quantitative estimate of drug-likeness (QED) is 0.519. The van der Waals surface area contributed by atoms with Crippen molar-refractivity contribution in [1.82, 2.24) is 14.8 Å². The lowest BCUT2D eigenvalue weighted by atomic mass is 10.2. The van der Waals surface area contributed by atoms with Crippen LogP contribution in [0.2, 0.25) is 5.02 Å². The highest BCUT2D eigenvalue weighted by Gasteiger charge is 2.20. The van der Waals surface area contributed by atoms with Crippen LogP contribution < -0.4 is 14.8 Å². The van der Waals surface area contributed by atoms with Crippen LogP contribution in [0.3, 0.4) is 0 Å². The van der Waals surface area contributed by atoms with Crippen LogP contribution in [-0.2, 0) is 4.79 Å². The van der Waals surface area contributed by atoms with E-state index in [4.69, 9.17) is 21.1 Å². The summed E-state index contributed by atoms with van der Waals surface area (Å²) in [5.41, 5.74) is 1.48. The number of para-hydroxylation sites is 1. The van der Waals surface area contributed by atoms with Crippen LogP contribution in [0.15, 0.2) is 47.6 Å². The molecular formula is C22H23ClN4O3S. The van der Waals surface area contributed by atoms with Crippen LogP contribution in [0.1, 0.15) is 26.3 Å². The van der Waals surface area contributed by atoms with Gasteiger partial charge in [-0.15, -0.1) is 10.2 Å². The first-order valence-electron chi connectivity index (χ1n) is 10.0. The van der Waals surface area contributed by atoms with E-state index in [9.17, 15) is 4.79 Å². The normalized spacial score (nSPS) is 13.2. The summed E-state index contributed by atoms with van der Waals surface area (Å²) < 4.78 is 13.6. The average Bonchev–Trinajstić information content (AvgIpc) is 3.04. The summed E-state index contributed by atoms with van der Waals surface area (Å²) in [6, 6.07) is 13.0. The third kappa shape index (κ3) is 4.97. The monoisotopic (exact) mass is 458 g/mol. The van der Waals surface area contributed by atoms with Crippen molar-refractivity contribution in [3.8, 4) is 22.9 Å². The molecule has 0 spiro atoms. The van der Waals surface area contributed by atoms with Gasteiger partial charge in [-0.1, -0.05) is 35.5 Å². The molecule has 0 saturated carbocycles. The van der Waals surface area contributed by atoms with Gasteiger partial charge in [-0.2, -0.15) is 0 Å². The predicted molar refractivity (Wildman–Crippen MR) is 122 cm³/mol. The molecule has 3 aromatic rings. The fourth-order valence-corrected chi connectivity index (χ4v) is 4.27. The summed E-state index contributed by atoms with van der Waals surface area (Å²) in [6.45, 7) is 5.38. The lowest BCUT2D eigenvalue weighted by molar-refractivity contribution is -0.113. The van der Waals surface area contributed by atoms with E-state index >= 15 is 0 Å². The summed E-state index contributed by atoms with van der Waals surface area (Å²) in [6.07, 6.45) is 0.850. The second-order valence-electron chi connectivity index (χ2n) is 7.30. The second-order valence-corrected chi connectivity index (χ2v) is 8.65. The minimum Gasteiger partial charge on any atom is -0.490 e. The number of amides is 1. The summed E-state index contributed by atoms with van der Waals surface area (Å²) in [4.78, 5) is 12.4. The van der Waals surface area contributed by atoms with Gasteiger partial charge in [0, 0.05) is 18.0 Å². The van der Waals surface area contributed by atoms with Gasteiger partial charge in [-0.05, 0) is 44.2 Å². The van der Waals surface area contributed by atoms with E-state index in [1.165, 1.54) is 11.8 Å². The molecule has 1 aromatic heterocycles. The molecule has 0 radical (unpaired) electrons. The number of carbonyl (C=O) groups excluding carboxylic acids is 1. The Hall–Kier alpha value is -2.71. The summed E-state index contributed by atoms with van der Waals surface area (Å²) >= 11 is 7.45. The van der Waals surface area contributed by atoms with Gasteiger partial charge < -0.3 is 14.8 Å². The zero-order chi connectivity index (χ0) is 21.8. The van der Waals surface area contributed by atoms with Crippen molar-refractivity contribution in [2.75, 3.05) is 24.3 Å². The lowest BCUT2D eigenvalue weighted by Crippen LogP contribution is -2.15. The zero-order valence-corrected chi connectivity index (χ0v) is 18.9. The molecule has 9 heteroatoms. The van der Waals surface area contributed by atoms with Crippen LogP contribution in [0, 0.1) is 0 Å². The van der Waals surface area contributed by atoms with E-state index in [-0.39, 0.29) is 17.7 Å². The lowest BCUT2D eigenvalue weighted by Gasteiger charge is -2.15. The van der Waals surface area contributed by atoms with Crippen molar-refractivity contribution in [2.45, 2.75) is 31.5 Å². The summed E-state index contributed by atoms with van der Waals surface area (Å²) in [5.74, 6) is 2.20. The van der Waals surface area contributed by atoms with Crippen LogP contribution in [0.25, 0.3) is 11.4 Å². The minimum atomic E-state index is -0.159. The molecule has 1 amide bonds. The topological polar surface area (TPSA) is 78.3 Å². The first kappa shape index (κ1) is 21.5. The van der Waals surface area contributed by atoms with E-state index in [1.807, 2.05) is 34.9 Å². The average molecular weight is 459 g/mol. The van der Waals surface area contributed by atoms with Crippen LogP contribution >= 0.6 is 23.4 Å². The van der Waals surface area contributed by atoms with Gasteiger partial charge in [0.25, 0.3) is 0 Å². The molecule has 7 nitrogen and oxygen atoms in total. The molecule has 1 aliphatic rings. The van der Waals surface area contributed by atoms with Crippen LogP contribution in [0.4, 0.5) is 5.69 Å². The van der Waals surface area contributed by atoms with Gasteiger partial charge >= 0.3 is 0 Å². The van der Waals surface area contributed by atoms with Crippen molar-refractivity contribution >= 4 is 35.0 Å². The molecule has 4 rings (SSSR count). The van der Waals surface area contributed by atoms with E-state index in [2.05, 4.69) is 29.4 Å². The van der Waals surface area contributed by atoms with Gasteiger partial charge in [0.1, 0.15) is 0 Å². The van der Waals surface area contributed by atoms with Gasteiger partial charge in [-0.25, -0.2) is 0 Å². The Morgan fingerprint density at radius 3 is 2.71 bits per heavy atom. The van der Waals surface area contributed by atoms with E-state index in [1.54, 1.807) is 12.1 Å². The highest BCUT2D eigenvalue weighted by Crippen LogP contribution is 2.35. The van der Waals surface area contributed by atoms with E-state index in [0.29, 0.717) is 34.8 Å². The number of nitrogens with zero attached hydrogens (tertiary/aromatic N) is 3. The summed E-state index contributed by atoms with van der Waals surface area (Å²) in [5, 5.41) is 12.7. The zero-order valence-electron chi connectivity index (χ0n) is 17.3. The molecule has 1 N–H and O–H groups in total. The number of nitrogens with one attached hydrogen (secondary N) is 1. The molecule has 0 aliphatic carbocycles. The molecule has 0 fully saturated rings. The number of rotatable bonds is 6. The number of ether oxygens (including phenoxy) is 2. The van der Waals surface area contributed by atoms with Gasteiger partial charge in [0.2, 0.25) is 5.91 Å². The van der Waals surface area contributed by atoms with Crippen LogP contribution in [0.5, 0.6) is 11.5 Å². The maximum atomic E-state index is 12.4. The molecule has 1 aliphatic heterocycles. The Kier molecular flexibility index (Phi) is 6.67. The van der Waals surface area contributed by atoms with Crippen molar-refractivity contribution < 1.29 is 14.3 Å². The number of carbonyl (C=O) groups is 1. The van der Waals surface area contributed by atoms with Gasteiger partial charge in [-0.3, -0.25) is 9.36 Å². The molecule has 31 heavy (non-hydrogen) atoms.